The van der Waals surface area contributed by atoms with Crippen LogP contribution in [0.4, 0.5) is 8.78 Å². The number of aromatic carboxylic acids is 1. The third-order valence-corrected chi connectivity index (χ3v) is 4.25. The first kappa shape index (κ1) is 16.2. The lowest BCUT2D eigenvalue weighted by Gasteiger charge is -2.11. The Hall–Kier alpha value is -2.18. The number of methoxy groups -OCH3 is 1. The van der Waals surface area contributed by atoms with Crippen LogP contribution in [0, 0.1) is 11.3 Å². The van der Waals surface area contributed by atoms with Gasteiger partial charge in [-0.15, -0.1) is 0 Å². The molecule has 1 aliphatic carbocycles. The number of halogens is 2. The highest BCUT2D eigenvalue weighted by molar-refractivity contribution is 6.01. The van der Waals surface area contributed by atoms with Gasteiger partial charge in [0.1, 0.15) is 11.3 Å². The van der Waals surface area contributed by atoms with E-state index in [1.165, 1.54) is 39.2 Å². The van der Waals surface area contributed by atoms with Gasteiger partial charge in [-0.3, -0.25) is 4.79 Å². The number of carboxylic acids is 1. The Morgan fingerprint density at radius 3 is 2.32 bits per heavy atom. The van der Waals surface area contributed by atoms with Crippen LogP contribution >= 0.6 is 0 Å². The quantitative estimate of drug-likeness (QED) is 0.875. The Morgan fingerprint density at radius 1 is 1.32 bits per heavy atom. The Balaban J connectivity index is 2.14. The van der Waals surface area contributed by atoms with Gasteiger partial charge < -0.3 is 15.2 Å². The van der Waals surface area contributed by atoms with Gasteiger partial charge in [-0.2, -0.15) is 0 Å². The predicted octanol–water partition coefficient (Wildman–Crippen LogP) is 2.41. The molecule has 120 valence electrons. The minimum Gasteiger partial charge on any atom is -0.495 e. The average Bonchev–Trinajstić information content (AvgIpc) is 2.84. The molecule has 0 aliphatic heterocycles. The van der Waals surface area contributed by atoms with Crippen molar-refractivity contribution in [3.05, 3.63) is 29.3 Å². The molecule has 0 heterocycles. The maximum absolute atomic E-state index is 13.5. The largest absolute Gasteiger partial charge is 0.495 e. The summed E-state index contributed by atoms with van der Waals surface area (Å²) in [6.07, 6.45) is 0. The summed E-state index contributed by atoms with van der Waals surface area (Å²) in [6.45, 7) is 2.70. The van der Waals surface area contributed by atoms with E-state index in [1.54, 1.807) is 0 Å². The summed E-state index contributed by atoms with van der Waals surface area (Å²) in [6, 6.07) is 4.09. The number of amides is 1. The van der Waals surface area contributed by atoms with E-state index < -0.39 is 29.1 Å². The van der Waals surface area contributed by atoms with E-state index in [0.29, 0.717) is 0 Å². The molecule has 2 N–H and O–H groups in total. The number of carboxylic acid groups (broad SMARTS) is 1. The summed E-state index contributed by atoms with van der Waals surface area (Å²) in [5.74, 6) is -5.71. The maximum Gasteiger partial charge on any atom is 0.339 e. The highest BCUT2D eigenvalue weighted by Crippen LogP contribution is 2.65. The highest BCUT2D eigenvalue weighted by Gasteiger charge is 2.74. The predicted molar refractivity (Wildman–Crippen MR) is 74.5 cm³/mol. The smallest absolute Gasteiger partial charge is 0.339 e. The molecule has 1 aliphatic rings. The molecule has 0 aromatic heterocycles. The second-order valence-corrected chi connectivity index (χ2v) is 5.80. The van der Waals surface area contributed by atoms with Crippen LogP contribution in [0.3, 0.4) is 0 Å². The van der Waals surface area contributed by atoms with Gasteiger partial charge in [0.15, 0.2) is 0 Å². The van der Waals surface area contributed by atoms with E-state index in [2.05, 4.69) is 5.32 Å². The van der Waals surface area contributed by atoms with Crippen molar-refractivity contribution >= 4 is 11.9 Å². The highest BCUT2D eigenvalue weighted by atomic mass is 19.3. The molecule has 1 aromatic rings. The third-order valence-electron chi connectivity index (χ3n) is 4.25. The molecule has 0 radical (unpaired) electrons. The van der Waals surface area contributed by atoms with Crippen molar-refractivity contribution in [3.63, 3.8) is 0 Å². The number of alkyl halides is 2. The molecule has 22 heavy (non-hydrogen) atoms. The van der Waals surface area contributed by atoms with Crippen molar-refractivity contribution in [3.8, 4) is 5.75 Å². The van der Waals surface area contributed by atoms with Crippen molar-refractivity contribution in [2.75, 3.05) is 13.7 Å². The zero-order valence-electron chi connectivity index (χ0n) is 12.4. The van der Waals surface area contributed by atoms with Crippen molar-refractivity contribution in [2.24, 2.45) is 11.3 Å². The zero-order valence-corrected chi connectivity index (χ0v) is 12.4. The van der Waals surface area contributed by atoms with E-state index in [9.17, 15) is 18.4 Å². The molecule has 1 saturated carbocycles. The van der Waals surface area contributed by atoms with E-state index in [1.807, 2.05) is 0 Å². The first-order chi connectivity index (χ1) is 10.1. The molecule has 0 spiro atoms. The molecule has 1 amide bonds. The maximum atomic E-state index is 13.5. The lowest BCUT2D eigenvalue weighted by atomic mass is 10.1. The van der Waals surface area contributed by atoms with Crippen LogP contribution in [0.25, 0.3) is 0 Å². The topological polar surface area (TPSA) is 75.6 Å². The number of para-hydroxylation sites is 1. The lowest BCUT2D eigenvalue weighted by Crippen LogP contribution is -2.28. The van der Waals surface area contributed by atoms with Gasteiger partial charge in [0.05, 0.1) is 18.6 Å². The van der Waals surface area contributed by atoms with Gasteiger partial charge >= 0.3 is 5.97 Å². The molecule has 1 unspecified atom stereocenters. The van der Waals surface area contributed by atoms with Gasteiger partial charge in [-0.1, -0.05) is 19.9 Å². The summed E-state index contributed by atoms with van der Waals surface area (Å²) in [5, 5.41) is 11.5. The number of hydrogen-bond acceptors (Lipinski definition) is 3. The standard InChI is InChI=1S/C15H17F2NO4/c1-14(2)10(15(14,16)17)7-18-12(19)8-5-4-6-9(13(20)21)11(8)22-3/h4-6,10H,7H2,1-3H3,(H,18,19)(H,20,21). The second kappa shape index (κ2) is 5.23. The monoisotopic (exact) mass is 313 g/mol. The van der Waals surface area contributed by atoms with Crippen molar-refractivity contribution in [1.82, 2.24) is 5.32 Å². The Labute approximate surface area is 126 Å². The first-order valence-electron chi connectivity index (χ1n) is 6.71. The van der Waals surface area contributed by atoms with Crippen LogP contribution in [0.5, 0.6) is 5.75 Å². The van der Waals surface area contributed by atoms with Crippen molar-refractivity contribution in [1.29, 1.82) is 0 Å². The molecule has 7 heteroatoms. The molecule has 1 aromatic carbocycles. The average molecular weight is 313 g/mol. The van der Waals surface area contributed by atoms with Crippen LogP contribution in [0.15, 0.2) is 18.2 Å². The number of carbonyl (C=O) groups excluding carboxylic acids is 1. The summed E-state index contributed by atoms with van der Waals surface area (Å²) in [7, 11) is 1.25. The van der Waals surface area contributed by atoms with Crippen molar-refractivity contribution in [2.45, 2.75) is 19.8 Å². The Morgan fingerprint density at radius 2 is 1.86 bits per heavy atom. The molecule has 0 bridgehead atoms. The van der Waals surface area contributed by atoms with Crippen molar-refractivity contribution < 1.29 is 28.2 Å². The van der Waals surface area contributed by atoms with Crippen LogP contribution < -0.4 is 10.1 Å². The third kappa shape index (κ3) is 2.40. The van der Waals surface area contributed by atoms with Gasteiger partial charge in [0.25, 0.3) is 11.8 Å². The number of ether oxygens (including phenoxy) is 1. The normalized spacial score (nSPS) is 21.0. The second-order valence-electron chi connectivity index (χ2n) is 5.80. The van der Waals surface area contributed by atoms with Gasteiger partial charge in [0.2, 0.25) is 0 Å². The van der Waals surface area contributed by atoms with Crippen LogP contribution in [-0.2, 0) is 0 Å². The fourth-order valence-corrected chi connectivity index (χ4v) is 2.53. The number of carbonyl (C=O) groups is 2. The van der Waals surface area contributed by atoms with Gasteiger partial charge in [-0.05, 0) is 12.1 Å². The van der Waals surface area contributed by atoms with Crippen LogP contribution in [0.2, 0.25) is 0 Å². The summed E-state index contributed by atoms with van der Waals surface area (Å²) >= 11 is 0. The number of benzene rings is 1. The van der Waals surface area contributed by atoms with E-state index >= 15 is 0 Å². The molecular formula is C15H17F2NO4. The molecule has 5 nitrogen and oxygen atoms in total. The zero-order chi connectivity index (χ0) is 16.7. The van der Waals surface area contributed by atoms with E-state index in [-0.39, 0.29) is 23.4 Å². The number of hydrogen-bond donors (Lipinski definition) is 2. The van der Waals surface area contributed by atoms with E-state index in [0.717, 1.165) is 0 Å². The van der Waals surface area contributed by atoms with Crippen LogP contribution in [-0.4, -0.2) is 36.6 Å². The number of rotatable bonds is 5. The van der Waals surface area contributed by atoms with Crippen LogP contribution in [0.1, 0.15) is 34.6 Å². The minimum absolute atomic E-state index is 0.00386. The minimum atomic E-state index is -2.81. The summed E-state index contributed by atoms with van der Waals surface area (Å²) in [4.78, 5) is 23.2. The fraction of sp³-hybridized carbons (Fsp3) is 0.467. The van der Waals surface area contributed by atoms with Gasteiger partial charge in [-0.25, -0.2) is 13.6 Å². The Kier molecular flexibility index (Phi) is 3.85. The SMILES string of the molecule is COc1c(C(=O)O)cccc1C(=O)NCC1C(C)(C)C1(F)F. The summed E-state index contributed by atoms with van der Waals surface area (Å²) < 4.78 is 32.0. The Bertz CT molecular complexity index is 614. The molecule has 2 rings (SSSR count). The van der Waals surface area contributed by atoms with Gasteiger partial charge in [0, 0.05) is 12.0 Å². The summed E-state index contributed by atoms with van der Waals surface area (Å²) in [5.41, 5.74) is -1.30. The fourth-order valence-electron chi connectivity index (χ4n) is 2.53. The molecular weight excluding hydrogens is 296 g/mol. The molecule has 1 fully saturated rings. The molecule has 0 saturated heterocycles. The lowest BCUT2D eigenvalue weighted by molar-refractivity contribution is 0.0660. The van der Waals surface area contributed by atoms with E-state index in [4.69, 9.17) is 9.84 Å². The first-order valence-corrected chi connectivity index (χ1v) is 6.71. The molecule has 1 atom stereocenters. The number of nitrogens with one attached hydrogen (secondary N) is 1.